The Labute approximate surface area is 107 Å². The van der Waals surface area contributed by atoms with Gasteiger partial charge in [0.1, 0.15) is 0 Å². The van der Waals surface area contributed by atoms with Gasteiger partial charge in [-0.2, -0.15) is 0 Å². The Kier molecular flexibility index (Phi) is 3.06. The average molecular weight is 279 g/mol. The monoisotopic (exact) mass is 278 g/mol. The summed E-state index contributed by atoms with van der Waals surface area (Å²) in [6.45, 7) is 0. The standard InChI is InChI=1S/C15H19Br/c16-15-8-7-14(10-15)13-6-2-5-12(9-13)11-3-1-4-11/h2,5-6,9,11,14-15H,1,3-4,7-8,10H2. The van der Waals surface area contributed by atoms with Crippen LogP contribution in [0.2, 0.25) is 0 Å². The van der Waals surface area contributed by atoms with Crippen LogP contribution in [0.15, 0.2) is 24.3 Å². The summed E-state index contributed by atoms with van der Waals surface area (Å²) in [5.74, 6) is 1.69. The zero-order chi connectivity index (χ0) is 11.0. The lowest BCUT2D eigenvalue weighted by atomic mass is 9.79. The Morgan fingerprint density at radius 3 is 2.25 bits per heavy atom. The SMILES string of the molecule is BrC1CCC(c2cccc(C3CCC3)c2)C1. The fourth-order valence-corrected chi connectivity index (χ4v) is 3.75. The topological polar surface area (TPSA) is 0 Å². The normalized spacial score (nSPS) is 30.3. The maximum absolute atomic E-state index is 3.75. The van der Waals surface area contributed by atoms with E-state index in [0.29, 0.717) is 0 Å². The van der Waals surface area contributed by atoms with Crippen LogP contribution in [0.25, 0.3) is 0 Å². The van der Waals surface area contributed by atoms with Crippen LogP contribution in [0.5, 0.6) is 0 Å². The van der Waals surface area contributed by atoms with Gasteiger partial charge in [-0.05, 0) is 55.1 Å². The van der Waals surface area contributed by atoms with Gasteiger partial charge in [-0.15, -0.1) is 0 Å². The van der Waals surface area contributed by atoms with Crippen LogP contribution in [0, 0.1) is 0 Å². The van der Waals surface area contributed by atoms with Crippen molar-refractivity contribution < 1.29 is 0 Å². The Bertz CT molecular complexity index is 367. The van der Waals surface area contributed by atoms with Crippen molar-refractivity contribution in [2.75, 3.05) is 0 Å². The first-order valence-electron chi connectivity index (χ1n) is 6.57. The van der Waals surface area contributed by atoms with Crippen molar-refractivity contribution in [2.45, 2.75) is 55.2 Å². The highest BCUT2D eigenvalue weighted by atomic mass is 79.9. The summed E-state index contributed by atoms with van der Waals surface area (Å²) in [4.78, 5) is 0.754. The third-order valence-electron chi connectivity index (χ3n) is 4.33. The number of hydrogen-bond acceptors (Lipinski definition) is 0. The van der Waals surface area contributed by atoms with E-state index >= 15 is 0 Å². The largest absolute Gasteiger partial charge is 0.0890 e. The van der Waals surface area contributed by atoms with Crippen LogP contribution in [0.3, 0.4) is 0 Å². The summed E-state index contributed by atoms with van der Waals surface area (Å²) in [5, 5.41) is 0. The van der Waals surface area contributed by atoms with Crippen molar-refractivity contribution in [3.05, 3.63) is 35.4 Å². The second kappa shape index (κ2) is 4.52. The molecule has 2 aliphatic rings. The predicted molar refractivity (Wildman–Crippen MR) is 72.3 cm³/mol. The third kappa shape index (κ3) is 2.07. The van der Waals surface area contributed by atoms with Crippen molar-refractivity contribution in [1.82, 2.24) is 0 Å². The molecule has 2 fully saturated rings. The molecule has 0 aliphatic heterocycles. The summed E-state index contributed by atoms with van der Waals surface area (Å²) in [5.41, 5.74) is 3.19. The lowest BCUT2D eigenvalue weighted by Gasteiger charge is -2.26. The van der Waals surface area contributed by atoms with Gasteiger partial charge < -0.3 is 0 Å². The molecule has 0 bridgehead atoms. The van der Waals surface area contributed by atoms with Crippen LogP contribution in [0.4, 0.5) is 0 Å². The molecule has 2 saturated carbocycles. The Morgan fingerprint density at radius 2 is 1.69 bits per heavy atom. The maximum Gasteiger partial charge on any atom is 0.0151 e. The highest BCUT2D eigenvalue weighted by Crippen LogP contribution is 2.41. The van der Waals surface area contributed by atoms with Crippen LogP contribution < -0.4 is 0 Å². The number of halogens is 1. The lowest BCUT2D eigenvalue weighted by Crippen LogP contribution is -2.09. The molecule has 0 spiro atoms. The van der Waals surface area contributed by atoms with E-state index in [1.54, 1.807) is 11.1 Å². The van der Waals surface area contributed by atoms with E-state index in [4.69, 9.17) is 0 Å². The van der Waals surface area contributed by atoms with Gasteiger partial charge in [0.2, 0.25) is 0 Å². The molecule has 2 atom stereocenters. The van der Waals surface area contributed by atoms with Crippen molar-refractivity contribution in [2.24, 2.45) is 0 Å². The van der Waals surface area contributed by atoms with Crippen molar-refractivity contribution in [1.29, 1.82) is 0 Å². The molecule has 86 valence electrons. The van der Waals surface area contributed by atoms with Crippen LogP contribution in [0.1, 0.15) is 61.5 Å². The highest BCUT2D eigenvalue weighted by Gasteiger charge is 2.25. The molecule has 1 heteroatoms. The van der Waals surface area contributed by atoms with Crippen LogP contribution in [-0.2, 0) is 0 Å². The molecule has 3 rings (SSSR count). The highest BCUT2D eigenvalue weighted by molar-refractivity contribution is 9.09. The van der Waals surface area contributed by atoms with Gasteiger partial charge in [-0.25, -0.2) is 0 Å². The number of alkyl halides is 1. The fraction of sp³-hybridized carbons (Fsp3) is 0.600. The maximum atomic E-state index is 3.75. The van der Waals surface area contributed by atoms with Gasteiger partial charge >= 0.3 is 0 Å². The molecule has 0 radical (unpaired) electrons. The summed E-state index contributed by atoms with van der Waals surface area (Å²) < 4.78 is 0. The Hall–Kier alpha value is -0.300. The first-order valence-corrected chi connectivity index (χ1v) is 7.48. The summed E-state index contributed by atoms with van der Waals surface area (Å²) in [6, 6.07) is 9.41. The van der Waals surface area contributed by atoms with Gasteiger partial charge in [0.25, 0.3) is 0 Å². The smallest absolute Gasteiger partial charge is 0.0151 e. The fourth-order valence-electron chi connectivity index (χ4n) is 3.04. The molecule has 16 heavy (non-hydrogen) atoms. The molecule has 2 aliphatic carbocycles. The summed E-state index contributed by atoms with van der Waals surface area (Å²) >= 11 is 3.75. The molecular weight excluding hydrogens is 260 g/mol. The number of hydrogen-bond donors (Lipinski definition) is 0. The lowest BCUT2D eigenvalue weighted by molar-refractivity contribution is 0.419. The number of benzene rings is 1. The zero-order valence-electron chi connectivity index (χ0n) is 9.66. The molecule has 0 N–H and O–H groups in total. The van der Waals surface area contributed by atoms with E-state index < -0.39 is 0 Å². The zero-order valence-corrected chi connectivity index (χ0v) is 11.2. The van der Waals surface area contributed by atoms with E-state index in [2.05, 4.69) is 40.2 Å². The van der Waals surface area contributed by atoms with Crippen molar-refractivity contribution in [3.63, 3.8) is 0 Å². The van der Waals surface area contributed by atoms with Crippen molar-refractivity contribution >= 4 is 15.9 Å². The van der Waals surface area contributed by atoms with Crippen LogP contribution in [-0.4, -0.2) is 4.83 Å². The minimum Gasteiger partial charge on any atom is -0.0890 e. The first kappa shape index (κ1) is 10.8. The quantitative estimate of drug-likeness (QED) is 0.669. The molecule has 2 unspecified atom stereocenters. The molecule has 0 amide bonds. The van der Waals surface area contributed by atoms with Crippen LogP contribution >= 0.6 is 15.9 Å². The summed E-state index contributed by atoms with van der Waals surface area (Å²) in [7, 11) is 0. The second-order valence-corrected chi connectivity index (χ2v) is 6.70. The molecule has 0 aromatic heterocycles. The van der Waals surface area contributed by atoms with Gasteiger partial charge in [0.15, 0.2) is 0 Å². The van der Waals surface area contributed by atoms with E-state index in [1.807, 2.05) is 0 Å². The van der Waals surface area contributed by atoms with Gasteiger partial charge in [-0.3, -0.25) is 0 Å². The molecule has 0 saturated heterocycles. The van der Waals surface area contributed by atoms with Crippen molar-refractivity contribution in [3.8, 4) is 0 Å². The van der Waals surface area contributed by atoms with Gasteiger partial charge in [0, 0.05) is 4.83 Å². The first-order chi connectivity index (χ1) is 7.83. The molecule has 0 heterocycles. The van der Waals surface area contributed by atoms with Gasteiger partial charge in [0.05, 0.1) is 0 Å². The predicted octanol–water partition coefficient (Wildman–Crippen LogP) is 4.99. The molecule has 0 nitrogen and oxygen atoms in total. The minimum atomic E-state index is 0.754. The average Bonchev–Trinajstić information content (AvgIpc) is 2.63. The van der Waals surface area contributed by atoms with E-state index in [-0.39, 0.29) is 0 Å². The Balaban J connectivity index is 1.79. The number of rotatable bonds is 2. The molecular formula is C15H19Br. The van der Waals surface area contributed by atoms with Gasteiger partial charge in [-0.1, -0.05) is 46.6 Å². The Morgan fingerprint density at radius 1 is 0.938 bits per heavy atom. The minimum absolute atomic E-state index is 0.754. The summed E-state index contributed by atoms with van der Waals surface area (Å²) in [6.07, 6.45) is 8.29. The molecule has 1 aromatic rings. The van der Waals surface area contributed by atoms with E-state index in [9.17, 15) is 0 Å². The second-order valence-electron chi connectivity index (χ2n) is 5.41. The van der Waals surface area contributed by atoms with E-state index in [1.165, 1.54) is 38.5 Å². The van der Waals surface area contributed by atoms with E-state index in [0.717, 1.165) is 16.7 Å². The third-order valence-corrected chi connectivity index (χ3v) is 5.16. The molecule has 1 aromatic carbocycles.